The normalized spacial score (nSPS) is 21.8. The van der Waals surface area contributed by atoms with Gasteiger partial charge in [-0.15, -0.1) is 0 Å². The van der Waals surface area contributed by atoms with Crippen molar-refractivity contribution in [3.63, 3.8) is 0 Å². The number of hydrogen-bond donors (Lipinski definition) is 1. The van der Waals surface area contributed by atoms with Crippen molar-refractivity contribution >= 4 is 5.91 Å². The van der Waals surface area contributed by atoms with Gasteiger partial charge in [-0.3, -0.25) is 9.89 Å². The van der Waals surface area contributed by atoms with Crippen LogP contribution in [0.15, 0.2) is 36.5 Å². The molecule has 1 N–H and O–H groups in total. The van der Waals surface area contributed by atoms with Crippen LogP contribution in [0.25, 0.3) is 0 Å². The standard InChI is InChI=1S/C16H16F3N3O2/c1-15(11-5-3-2-4-6-11)10-22(7-8-24-15)14(23)13-12(9-20-21-13)16(17,18)19/h2-6,9H,7-8,10H2,1H3,(H,20,21). The van der Waals surface area contributed by atoms with Crippen molar-refractivity contribution in [2.24, 2.45) is 0 Å². The van der Waals surface area contributed by atoms with E-state index in [4.69, 9.17) is 4.74 Å². The van der Waals surface area contributed by atoms with E-state index < -0.39 is 28.9 Å². The number of aromatic amines is 1. The highest BCUT2D eigenvalue weighted by Gasteiger charge is 2.41. The molecule has 8 heteroatoms. The molecule has 1 fully saturated rings. The molecule has 1 aromatic carbocycles. The number of rotatable bonds is 2. The van der Waals surface area contributed by atoms with Crippen LogP contribution < -0.4 is 0 Å². The largest absolute Gasteiger partial charge is 0.420 e. The molecule has 0 bridgehead atoms. The van der Waals surface area contributed by atoms with Crippen LogP contribution >= 0.6 is 0 Å². The van der Waals surface area contributed by atoms with E-state index in [-0.39, 0.29) is 19.7 Å². The molecular formula is C16H16F3N3O2. The summed E-state index contributed by atoms with van der Waals surface area (Å²) in [5.41, 5.74) is -1.50. The molecule has 0 radical (unpaired) electrons. The van der Waals surface area contributed by atoms with E-state index in [0.29, 0.717) is 6.20 Å². The summed E-state index contributed by atoms with van der Waals surface area (Å²) in [4.78, 5) is 13.9. The zero-order valence-electron chi connectivity index (χ0n) is 12.9. The number of hydrogen-bond acceptors (Lipinski definition) is 3. The highest BCUT2D eigenvalue weighted by molar-refractivity contribution is 5.94. The lowest BCUT2D eigenvalue weighted by Crippen LogP contribution is -2.50. The average molecular weight is 339 g/mol. The number of benzene rings is 1. The summed E-state index contributed by atoms with van der Waals surface area (Å²) < 4.78 is 44.7. The molecule has 1 aliphatic heterocycles. The first-order valence-corrected chi connectivity index (χ1v) is 7.40. The molecule has 0 saturated carbocycles. The van der Waals surface area contributed by atoms with Gasteiger partial charge in [0.1, 0.15) is 16.9 Å². The second-order valence-electron chi connectivity index (χ2n) is 5.83. The molecule has 0 spiro atoms. The molecule has 2 heterocycles. The SMILES string of the molecule is CC1(c2ccccc2)CN(C(=O)c2[nH]ncc2C(F)(F)F)CCO1. The van der Waals surface area contributed by atoms with Gasteiger partial charge in [-0.2, -0.15) is 18.3 Å². The van der Waals surface area contributed by atoms with Crippen LogP contribution in [0.3, 0.4) is 0 Å². The monoisotopic (exact) mass is 339 g/mol. The number of halogens is 3. The average Bonchev–Trinajstić information content (AvgIpc) is 3.05. The summed E-state index contributed by atoms with van der Waals surface area (Å²) in [6.07, 6.45) is -4.00. The second-order valence-corrected chi connectivity index (χ2v) is 5.83. The molecule has 0 aliphatic carbocycles. The van der Waals surface area contributed by atoms with E-state index in [9.17, 15) is 18.0 Å². The molecule has 24 heavy (non-hydrogen) atoms. The first-order valence-electron chi connectivity index (χ1n) is 7.40. The number of H-pyrrole nitrogens is 1. The van der Waals surface area contributed by atoms with Crippen LogP contribution in [-0.4, -0.2) is 40.7 Å². The van der Waals surface area contributed by atoms with Gasteiger partial charge in [0.2, 0.25) is 0 Å². The highest BCUT2D eigenvalue weighted by atomic mass is 19.4. The van der Waals surface area contributed by atoms with Gasteiger partial charge in [0.15, 0.2) is 0 Å². The fourth-order valence-corrected chi connectivity index (χ4v) is 2.83. The van der Waals surface area contributed by atoms with Gasteiger partial charge >= 0.3 is 6.18 Å². The summed E-state index contributed by atoms with van der Waals surface area (Å²) in [5.74, 6) is -0.731. The molecule has 1 atom stereocenters. The maximum Gasteiger partial charge on any atom is 0.420 e. The smallest absolute Gasteiger partial charge is 0.367 e. The number of nitrogens with zero attached hydrogens (tertiary/aromatic N) is 2. The number of amides is 1. The predicted molar refractivity (Wildman–Crippen MR) is 79.2 cm³/mol. The summed E-state index contributed by atoms with van der Waals surface area (Å²) in [6, 6.07) is 9.29. The molecule has 1 amide bonds. The van der Waals surface area contributed by atoms with Gasteiger partial charge in [0, 0.05) is 6.54 Å². The lowest BCUT2D eigenvalue weighted by molar-refractivity contribution is -0.138. The first kappa shape index (κ1) is 16.5. The Morgan fingerprint density at radius 3 is 2.71 bits per heavy atom. The topological polar surface area (TPSA) is 58.2 Å². The van der Waals surface area contributed by atoms with E-state index in [0.717, 1.165) is 5.56 Å². The number of morpholine rings is 1. The lowest BCUT2D eigenvalue weighted by atomic mass is 9.93. The molecule has 1 aliphatic rings. The summed E-state index contributed by atoms with van der Waals surface area (Å²) in [5, 5.41) is 5.55. The lowest BCUT2D eigenvalue weighted by Gasteiger charge is -2.40. The third-order valence-electron chi connectivity index (χ3n) is 4.10. The van der Waals surface area contributed by atoms with Crippen molar-refractivity contribution in [3.8, 4) is 0 Å². The van der Waals surface area contributed by atoms with Crippen LogP contribution in [-0.2, 0) is 16.5 Å². The van der Waals surface area contributed by atoms with Crippen molar-refractivity contribution in [3.05, 3.63) is 53.3 Å². The number of carbonyl (C=O) groups excluding carboxylic acids is 1. The summed E-state index contributed by atoms with van der Waals surface area (Å²) in [6.45, 7) is 2.44. The Bertz CT molecular complexity index is 730. The van der Waals surface area contributed by atoms with Crippen molar-refractivity contribution in [2.75, 3.05) is 19.7 Å². The summed E-state index contributed by atoms with van der Waals surface area (Å²) >= 11 is 0. The van der Waals surface area contributed by atoms with Crippen molar-refractivity contribution in [1.29, 1.82) is 0 Å². The molecule has 2 aromatic rings. The van der Waals surface area contributed by atoms with E-state index in [1.54, 1.807) is 0 Å². The minimum Gasteiger partial charge on any atom is -0.367 e. The van der Waals surface area contributed by atoms with Crippen molar-refractivity contribution < 1.29 is 22.7 Å². The third-order valence-corrected chi connectivity index (χ3v) is 4.10. The Labute approximate surface area is 136 Å². The fourth-order valence-electron chi connectivity index (χ4n) is 2.83. The van der Waals surface area contributed by atoms with E-state index in [2.05, 4.69) is 10.2 Å². The minimum absolute atomic E-state index is 0.159. The van der Waals surface area contributed by atoms with Gasteiger partial charge in [0.05, 0.1) is 19.3 Å². The maximum absolute atomic E-state index is 13.0. The molecular weight excluding hydrogens is 323 g/mol. The number of aromatic nitrogens is 2. The Morgan fingerprint density at radius 1 is 1.33 bits per heavy atom. The van der Waals surface area contributed by atoms with Crippen molar-refractivity contribution in [2.45, 2.75) is 18.7 Å². The van der Waals surface area contributed by atoms with Crippen LogP contribution in [0.2, 0.25) is 0 Å². The minimum atomic E-state index is -4.63. The Kier molecular flexibility index (Phi) is 4.08. The molecule has 128 valence electrons. The van der Waals surface area contributed by atoms with Crippen LogP contribution in [0.5, 0.6) is 0 Å². The van der Waals surface area contributed by atoms with Crippen LogP contribution in [0, 0.1) is 0 Å². The first-order chi connectivity index (χ1) is 11.3. The predicted octanol–water partition coefficient (Wildman–Crippen LogP) is 2.82. The molecule has 1 unspecified atom stereocenters. The molecule has 5 nitrogen and oxygen atoms in total. The van der Waals surface area contributed by atoms with Crippen LogP contribution in [0.4, 0.5) is 13.2 Å². The van der Waals surface area contributed by atoms with Gasteiger partial charge in [-0.05, 0) is 12.5 Å². The Hall–Kier alpha value is -2.35. The molecule has 1 aromatic heterocycles. The van der Waals surface area contributed by atoms with E-state index >= 15 is 0 Å². The maximum atomic E-state index is 13.0. The quantitative estimate of drug-likeness (QED) is 0.915. The van der Waals surface area contributed by atoms with E-state index in [1.165, 1.54) is 4.90 Å². The molecule has 3 rings (SSSR count). The van der Waals surface area contributed by atoms with Crippen LogP contribution in [0.1, 0.15) is 28.5 Å². The Balaban J connectivity index is 1.86. The number of nitrogens with one attached hydrogen (secondary N) is 1. The number of ether oxygens (including phenoxy) is 1. The Morgan fingerprint density at radius 2 is 2.04 bits per heavy atom. The zero-order valence-corrected chi connectivity index (χ0v) is 12.9. The second kappa shape index (κ2) is 5.94. The third kappa shape index (κ3) is 3.01. The molecule has 1 saturated heterocycles. The van der Waals surface area contributed by atoms with Gasteiger partial charge in [-0.25, -0.2) is 0 Å². The van der Waals surface area contributed by atoms with Crippen molar-refractivity contribution in [1.82, 2.24) is 15.1 Å². The van der Waals surface area contributed by atoms with Gasteiger partial charge in [0.25, 0.3) is 5.91 Å². The zero-order chi connectivity index (χ0) is 17.4. The number of carbonyl (C=O) groups is 1. The fraction of sp³-hybridized carbons (Fsp3) is 0.375. The van der Waals surface area contributed by atoms with Gasteiger partial charge in [-0.1, -0.05) is 30.3 Å². The van der Waals surface area contributed by atoms with E-state index in [1.807, 2.05) is 37.3 Å². The number of alkyl halides is 3. The highest BCUT2D eigenvalue weighted by Crippen LogP contribution is 2.33. The summed E-state index contributed by atoms with van der Waals surface area (Å²) in [7, 11) is 0. The van der Waals surface area contributed by atoms with Gasteiger partial charge < -0.3 is 9.64 Å².